The lowest BCUT2D eigenvalue weighted by Gasteiger charge is -2.28. The van der Waals surface area contributed by atoms with Gasteiger partial charge in [-0.15, -0.1) is 0 Å². The molecule has 0 bridgehead atoms. The summed E-state index contributed by atoms with van der Waals surface area (Å²) in [6.45, 7) is 3.94. The summed E-state index contributed by atoms with van der Waals surface area (Å²) in [6, 6.07) is 13.5. The van der Waals surface area contributed by atoms with Crippen molar-refractivity contribution in [3.05, 3.63) is 69.5 Å². The fourth-order valence-electron chi connectivity index (χ4n) is 3.88. The number of aromatic nitrogens is 1. The van der Waals surface area contributed by atoms with Crippen molar-refractivity contribution in [3.63, 3.8) is 0 Å². The van der Waals surface area contributed by atoms with E-state index in [0.717, 1.165) is 47.7 Å². The lowest BCUT2D eigenvalue weighted by Crippen LogP contribution is -2.52. The van der Waals surface area contributed by atoms with Crippen LogP contribution in [0.4, 0.5) is 4.79 Å². The molecule has 1 saturated heterocycles. The molecule has 1 aliphatic heterocycles. The summed E-state index contributed by atoms with van der Waals surface area (Å²) in [6.07, 6.45) is 1.57. The van der Waals surface area contributed by atoms with Crippen LogP contribution in [0, 0.1) is 13.8 Å². The number of halogens is 1. The van der Waals surface area contributed by atoms with Gasteiger partial charge in [0.2, 0.25) is 0 Å². The Morgan fingerprint density at radius 2 is 1.47 bits per heavy atom. The molecule has 0 unspecified atom stereocenters. The van der Waals surface area contributed by atoms with Crippen LogP contribution in [-0.2, 0) is 9.59 Å². The average Bonchev–Trinajstić information content (AvgIpc) is 3.02. The van der Waals surface area contributed by atoms with Crippen LogP contribution in [0.1, 0.15) is 17.0 Å². The number of benzene rings is 2. The molecule has 30 heavy (non-hydrogen) atoms. The van der Waals surface area contributed by atoms with Gasteiger partial charge in [-0.05, 0) is 49.1 Å². The zero-order valence-electron chi connectivity index (χ0n) is 17.1. The van der Waals surface area contributed by atoms with Gasteiger partial charge in [0.1, 0.15) is 5.57 Å². The molecule has 4 amide bonds. The SMILES string of the molecule is Cc1cc(C=C2C(=O)N(C)C(=O)N(C)C2=O)c(C)n1-c1ccc(Br)c2ccccc12. The van der Waals surface area contributed by atoms with E-state index in [2.05, 4.69) is 32.6 Å². The first-order valence-corrected chi connectivity index (χ1v) is 10.2. The van der Waals surface area contributed by atoms with E-state index in [9.17, 15) is 14.4 Å². The molecule has 0 aliphatic carbocycles. The first-order valence-electron chi connectivity index (χ1n) is 9.40. The monoisotopic (exact) mass is 465 g/mol. The Hall–Kier alpha value is -3.19. The van der Waals surface area contributed by atoms with E-state index in [1.54, 1.807) is 6.08 Å². The Morgan fingerprint density at radius 3 is 2.10 bits per heavy atom. The predicted molar refractivity (Wildman–Crippen MR) is 119 cm³/mol. The molecule has 1 fully saturated rings. The van der Waals surface area contributed by atoms with Crippen molar-refractivity contribution in [2.24, 2.45) is 0 Å². The Bertz CT molecular complexity index is 1250. The van der Waals surface area contributed by atoms with Gasteiger partial charge in [0.05, 0.1) is 5.69 Å². The Balaban J connectivity index is 1.88. The molecule has 0 atom stereocenters. The molecular weight excluding hydrogens is 446 g/mol. The quantitative estimate of drug-likeness (QED) is 0.415. The van der Waals surface area contributed by atoms with Crippen molar-refractivity contribution in [2.45, 2.75) is 13.8 Å². The Kier molecular flexibility index (Phi) is 4.86. The zero-order chi connectivity index (χ0) is 21.7. The number of nitrogens with zero attached hydrogens (tertiary/aromatic N) is 3. The number of likely N-dealkylation sites (N-methyl/N-ethyl adjacent to an activating group) is 2. The molecule has 1 aromatic heterocycles. The molecule has 2 aromatic carbocycles. The summed E-state index contributed by atoms with van der Waals surface area (Å²) in [7, 11) is 2.75. The molecule has 0 N–H and O–H groups in total. The maximum absolute atomic E-state index is 12.6. The lowest BCUT2D eigenvalue weighted by molar-refractivity contribution is -0.134. The summed E-state index contributed by atoms with van der Waals surface area (Å²) >= 11 is 3.61. The summed E-state index contributed by atoms with van der Waals surface area (Å²) in [5, 5.41) is 2.18. The minimum atomic E-state index is -0.631. The minimum absolute atomic E-state index is 0.0273. The molecule has 4 rings (SSSR count). The van der Waals surface area contributed by atoms with Gasteiger partial charge in [0.25, 0.3) is 11.8 Å². The second kappa shape index (κ2) is 7.25. The standard InChI is InChI=1S/C23H20BrN3O3/c1-13-11-15(12-18-21(28)25(3)23(30)26(4)22(18)29)14(2)27(13)20-10-9-19(24)16-7-5-6-8-17(16)20/h5-12H,1-4H3. The fourth-order valence-corrected chi connectivity index (χ4v) is 4.35. The van der Waals surface area contributed by atoms with Crippen molar-refractivity contribution in [3.8, 4) is 5.69 Å². The molecule has 0 saturated carbocycles. The largest absolute Gasteiger partial charge is 0.333 e. The normalized spacial score (nSPS) is 14.8. The first kappa shape index (κ1) is 20.1. The number of carbonyl (C=O) groups is 3. The number of aryl methyl sites for hydroxylation is 1. The highest BCUT2D eigenvalue weighted by Gasteiger charge is 2.38. The number of carbonyl (C=O) groups excluding carboxylic acids is 3. The van der Waals surface area contributed by atoms with E-state index in [0.29, 0.717) is 0 Å². The van der Waals surface area contributed by atoms with Gasteiger partial charge in [-0.1, -0.05) is 40.2 Å². The van der Waals surface area contributed by atoms with Crippen LogP contribution in [0.2, 0.25) is 0 Å². The smallest absolute Gasteiger partial charge is 0.317 e. The molecule has 1 aliphatic rings. The van der Waals surface area contributed by atoms with E-state index >= 15 is 0 Å². The highest BCUT2D eigenvalue weighted by molar-refractivity contribution is 9.10. The van der Waals surface area contributed by atoms with Crippen LogP contribution >= 0.6 is 15.9 Å². The van der Waals surface area contributed by atoms with Crippen molar-refractivity contribution in [1.82, 2.24) is 14.4 Å². The van der Waals surface area contributed by atoms with Crippen molar-refractivity contribution in [2.75, 3.05) is 14.1 Å². The number of hydrogen-bond donors (Lipinski definition) is 0. The number of imide groups is 2. The third kappa shape index (κ3) is 2.97. The number of amides is 4. The van der Waals surface area contributed by atoms with Crippen LogP contribution in [0.15, 0.2) is 52.5 Å². The van der Waals surface area contributed by atoms with Gasteiger partial charge >= 0.3 is 6.03 Å². The molecule has 0 radical (unpaired) electrons. The molecule has 2 heterocycles. The Morgan fingerprint density at radius 1 is 0.867 bits per heavy atom. The van der Waals surface area contributed by atoms with Gasteiger partial charge in [0.15, 0.2) is 0 Å². The zero-order valence-corrected chi connectivity index (χ0v) is 18.6. The van der Waals surface area contributed by atoms with Crippen LogP contribution in [-0.4, -0.2) is 46.3 Å². The van der Waals surface area contributed by atoms with Gasteiger partial charge < -0.3 is 4.57 Å². The van der Waals surface area contributed by atoms with Gasteiger partial charge in [-0.3, -0.25) is 19.4 Å². The molecule has 3 aromatic rings. The van der Waals surface area contributed by atoms with Gasteiger partial charge in [-0.25, -0.2) is 4.79 Å². The minimum Gasteiger partial charge on any atom is -0.317 e. The maximum Gasteiger partial charge on any atom is 0.333 e. The number of rotatable bonds is 2. The number of hydrogen-bond acceptors (Lipinski definition) is 3. The average molecular weight is 466 g/mol. The van der Waals surface area contributed by atoms with Crippen LogP contribution in [0.25, 0.3) is 22.5 Å². The molecule has 0 spiro atoms. The van der Waals surface area contributed by atoms with Crippen molar-refractivity contribution in [1.29, 1.82) is 0 Å². The fraction of sp³-hybridized carbons (Fsp3) is 0.174. The first-order chi connectivity index (χ1) is 14.2. The molecular formula is C23H20BrN3O3. The van der Waals surface area contributed by atoms with E-state index in [1.807, 2.05) is 44.2 Å². The second-order valence-corrected chi connectivity index (χ2v) is 8.20. The van der Waals surface area contributed by atoms with Crippen molar-refractivity contribution >= 4 is 50.6 Å². The second-order valence-electron chi connectivity index (χ2n) is 7.34. The number of barbiturate groups is 1. The molecule has 152 valence electrons. The highest BCUT2D eigenvalue weighted by atomic mass is 79.9. The lowest BCUT2D eigenvalue weighted by atomic mass is 10.1. The number of urea groups is 1. The topological polar surface area (TPSA) is 62.6 Å². The van der Waals surface area contributed by atoms with Crippen molar-refractivity contribution < 1.29 is 14.4 Å². The molecule has 7 heteroatoms. The number of fused-ring (bicyclic) bond motifs is 1. The van der Waals surface area contributed by atoms with Gasteiger partial charge in [0, 0.05) is 35.3 Å². The van der Waals surface area contributed by atoms with E-state index in [1.165, 1.54) is 14.1 Å². The van der Waals surface area contributed by atoms with Gasteiger partial charge in [-0.2, -0.15) is 0 Å². The van der Waals surface area contributed by atoms with Crippen LogP contribution in [0.3, 0.4) is 0 Å². The predicted octanol–water partition coefficient (Wildman–Crippen LogP) is 4.44. The highest BCUT2D eigenvalue weighted by Crippen LogP contribution is 2.32. The maximum atomic E-state index is 12.6. The molecule has 6 nitrogen and oxygen atoms in total. The summed E-state index contributed by atoms with van der Waals surface area (Å²) in [5.41, 5.74) is 3.61. The Labute approximate surface area is 182 Å². The van der Waals surface area contributed by atoms with E-state index in [4.69, 9.17) is 0 Å². The van der Waals surface area contributed by atoms with E-state index < -0.39 is 17.8 Å². The van der Waals surface area contributed by atoms with Crippen LogP contribution in [0.5, 0.6) is 0 Å². The summed E-state index contributed by atoms with van der Waals surface area (Å²) < 4.78 is 3.12. The third-order valence-corrected chi connectivity index (χ3v) is 6.19. The summed E-state index contributed by atoms with van der Waals surface area (Å²) in [4.78, 5) is 39.0. The summed E-state index contributed by atoms with van der Waals surface area (Å²) in [5.74, 6) is -1.19. The van der Waals surface area contributed by atoms with E-state index in [-0.39, 0.29) is 5.57 Å². The van der Waals surface area contributed by atoms with Crippen LogP contribution < -0.4 is 0 Å². The third-order valence-electron chi connectivity index (χ3n) is 5.50.